The van der Waals surface area contributed by atoms with E-state index >= 15 is 0 Å². The minimum absolute atomic E-state index is 0.739. The van der Waals surface area contributed by atoms with Gasteiger partial charge in [-0.1, -0.05) is 0 Å². The number of carbonyl (C=O) groups is 1. The summed E-state index contributed by atoms with van der Waals surface area (Å²) in [6.45, 7) is 2.35. The van der Waals surface area contributed by atoms with E-state index in [0.29, 0.717) is 0 Å². The Balaban J connectivity index is 1.79. The first kappa shape index (κ1) is 12.2. The summed E-state index contributed by atoms with van der Waals surface area (Å²) in [7, 11) is 0. The first-order valence-electron chi connectivity index (χ1n) is 6.76. The molecule has 0 unspecified atom stereocenters. The van der Waals surface area contributed by atoms with Crippen molar-refractivity contribution >= 4 is 27.9 Å². The molecule has 0 aromatic heterocycles. The van der Waals surface area contributed by atoms with Crippen LogP contribution in [0.3, 0.4) is 0 Å². The maximum absolute atomic E-state index is 10.8. The summed E-state index contributed by atoms with van der Waals surface area (Å²) >= 11 is 3.61. The molecule has 3 heteroatoms. The Bertz CT molecular complexity index is 438. The molecule has 2 fully saturated rings. The third-order valence-corrected chi connectivity index (χ3v) is 4.43. The van der Waals surface area contributed by atoms with Gasteiger partial charge in [0, 0.05) is 23.1 Å². The second-order valence-corrected chi connectivity index (χ2v) is 6.47. The molecule has 0 amide bonds. The predicted molar refractivity (Wildman–Crippen MR) is 77.2 cm³/mol. The van der Waals surface area contributed by atoms with Crippen LogP contribution in [0.25, 0.3) is 0 Å². The van der Waals surface area contributed by atoms with Crippen LogP contribution in [0.2, 0.25) is 0 Å². The zero-order chi connectivity index (χ0) is 12.5. The standard InChI is InChI=1S/C15H18BrNO/c16-14-7-13(10-18)5-6-15(14)17(8-11-1-2-11)9-12-3-4-12/h5-7,10-12H,1-4,8-9H2. The van der Waals surface area contributed by atoms with Crippen LogP contribution in [0, 0.1) is 11.8 Å². The van der Waals surface area contributed by atoms with Gasteiger partial charge in [-0.25, -0.2) is 0 Å². The molecule has 0 aliphatic heterocycles. The fraction of sp³-hybridized carbons (Fsp3) is 0.533. The van der Waals surface area contributed by atoms with Gasteiger partial charge < -0.3 is 4.90 Å². The second kappa shape index (κ2) is 5.04. The van der Waals surface area contributed by atoms with Crippen LogP contribution in [-0.2, 0) is 0 Å². The van der Waals surface area contributed by atoms with Gasteiger partial charge in [0.05, 0.1) is 5.69 Å². The summed E-state index contributed by atoms with van der Waals surface area (Å²) in [6.07, 6.45) is 6.42. The minimum Gasteiger partial charge on any atom is -0.370 e. The van der Waals surface area contributed by atoms with Crippen LogP contribution >= 0.6 is 15.9 Å². The van der Waals surface area contributed by atoms with Gasteiger partial charge in [0.2, 0.25) is 0 Å². The van der Waals surface area contributed by atoms with Crippen molar-refractivity contribution in [2.45, 2.75) is 25.7 Å². The third kappa shape index (κ3) is 2.94. The summed E-state index contributed by atoms with van der Waals surface area (Å²) in [5.41, 5.74) is 1.99. The van der Waals surface area contributed by atoms with E-state index in [0.717, 1.165) is 28.2 Å². The summed E-state index contributed by atoms with van der Waals surface area (Å²) in [4.78, 5) is 13.3. The van der Waals surface area contributed by atoms with Gasteiger partial charge >= 0.3 is 0 Å². The topological polar surface area (TPSA) is 20.3 Å². The summed E-state index contributed by atoms with van der Waals surface area (Å²) in [6, 6.07) is 5.92. The highest BCUT2D eigenvalue weighted by molar-refractivity contribution is 9.10. The Morgan fingerprint density at radius 1 is 1.17 bits per heavy atom. The molecule has 0 saturated heterocycles. The van der Waals surface area contributed by atoms with E-state index in [2.05, 4.69) is 26.9 Å². The Hall–Kier alpha value is -0.830. The van der Waals surface area contributed by atoms with Crippen molar-refractivity contribution in [2.75, 3.05) is 18.0 Å². The molecule has 2 nitrogen and oxygen atoms in total. The van der Waals surface area contributed by atoms with E-state index in [4.69, 9.17) is 0 Å². The van der Waals surface area contributed by atoms with Gasteiger partial charge in [0.25, 0.3) is 0 Å². The second-order valence-electron chi connectivity index (χ2n) is 5.62. The maximum atomic E-state index is 10.8. The van der Waals surface area contributed by atoms with E-state index in [-0.39, 0.29) is 0 Å². The number of rotatable bonds is 6. The van der Waals surface area contributed by atoms with E-state index < -0.39 is 0 Å². The zero-order valence-electron chi connectivity index (χ0n) is 10.4. The highest BCUT2D eigenvalue weighted by Crippen LogP contribution is 2.37. The molecule has 0 N–H and O–H groups in total. The quantitative estimate of drug-likeness (QED) is 0.743. The smallest absolute Gasteiger partial charge is 0.150 e. The monoisotopic (exact) mass is 307 g/mol. The summed E-state index contributed by atoms with van der Waals surface area (Å²) in [5.74, 6) is 1.78. The molecule has 2 aliphatic rings. The molecular weight excluding hydrogens is 290 g/mol. The number of hydrogen-bond donors (Lipinski definition) is 0. The fourth-order valence-electron chi connectivity index (χ4n) is 2.35. The highest BCUT2D eigenvalue weighted by atomic mass is 79.9. The molecule has 1 aromatic carbocycles. The normalized spacial score (nSPS) is 18.7. The Labute approximate surface area is 116 Å². The summed E-state index contributed by atoms with van der Waals surface area (Å²) in [5, 5.41) is 0. The van der Waals surface area contributed by atoms with Crippen molar-refractivity contribution in [3.8, 4) is 0 Å². The molecule has 0 heterocycles. The fourth-order valence-corrected chi connectivity index (χ4v) is 3.00. The average molecular weight is 308 g/mol. The Morgan fingerprint density at radius 3 is 2.22 bits per heavy atom. The van der Waals surface area contributed by atoms with E-state index in [1.54, 1.807) is 0 Å². The minimum atomic E-state index is 0.739. The van der Waals surface area contributed by atoms with Crippen LogP contribution in [0.15, 0.2) is 22.7 Å². The molecule has 18 heavy (non-hydrogen) atoms. The van der Waals surface area contributed by atoms with Crippen LogP contribution in [0.1, 0.15) is 36.0 Å². The van der Waals surface area contributed by atoms with Gasteiger partial charge in [-0.3, -0.25) is 4.79 Å². The van der Waals surface area contributed by atoms with Crippen molar-refractivity contribution in [3.63, 3.8) is 0 Å². The molecule has 0 radical (unpaired) electrons. The first-order chi connectivity index (χ1) is 8.76. The third-order valence-electron chi connectivity index (χ3n) is 3.80. The largest absolute Gasteiger partial charge is 0.370 e. The van der Waals surface area contributed by atoms with Gasteiger partial charge in [0.15, 0.2) is 0 Å². The maximum Gasteiger partial charge on any atom is 0.150 e. The number of halogens is 1. The van der Waals surface area contributed by atoms with E-state index in [1.807, 2.05) is 12.1 Å². The Morgan fingerprint density at radius 2 is 1.78 bits per heavy atom. The van der Waals surface area contributed by atoms with Gasteiger partial charge in [0.1, 0.15) is 6.29 Å². The van der Waals surface area contributed by atoms with E-state index in [9.17, 15) is 4.79 Å². The number of aldehydes is 1. The van der Waals surface area contributed by atoms with E-state index in [1.165, 1.54) is 44.5 Å². The number of nitrogens with zero attached hydrogens (tertiary/aromatic N) is 1. The molecule has 2 aliphatic carbocycles. The molecule has 0 atom stereocenters. The van der Waals surface area contributed by atoms with Crippen LogP contribution in [0.4, 0.5) is 5.69 Å². The molecule has 96 valence electrons. The number of benzene rings is 1. The van der Waals surface area contributed by atoms with Gasteiger partial charge in [-0.15, -0.1) is 0 Å². The Kier molecular flexibility index (Phi) is 3.42. The average Bonchev–Trinajstić information content (AvgIpc) is 3.23. The van der Waals surface area contributed by atoms with Crippen molar-refractivity contribution in [1.29, 1.82) is 0 Å². The van der Waals surface area contributed by atoms with Crippen molar-refractivity contribution in [1.82, 2.24) is 0 Å². The lowest BCUT2D eigenvalue weighted by Crippen LogP contribution is -2.28. The van der Waals surface area contributed by atoms with Crippen molar-refractivity contribution in [2.24, 2.45) is 11.8 Å². The lowest BCUT2D eigenvalue weighted by atomic mass is 10.2. The van der Waals surface area contributed by atoms with Crippen LogP contribution in [-0.4, -0.2) is 19.4 Å². The number of anilines is 1. The lowest BCUT2D eigenvalue weighted by Gasteiger charge is -2.26. The van der Waals surface area contributed by atoms with Crippen LogP contribution < -0.4 is 4.90 Å². The predicted octanol–water partition coefficient (Wildman–Crippen LogP) is 3.89. The molecule has 1 aromatic rings. The molecular formula is C15H18BrNO. The molecule has 0 spiro atoms. The number of hydrogen-bond acceptors (Lipinski definition) is 2. The molecule has 2 saturated carbocycles. The first-order valence-corrected chi connectivity index (χ1v) is 7.55. The summed E-state index contributed by atoms with van der Waals surface area (Å²) < 4.78 is 1.05. The van der Waals surface area contributed by atoms with Crippen molar-refractivity contribution < 1.29 is 4.79 Å². The number of carbonyl (C=O) groups excluding carboxylic acids is 1. The molecule has 0 bridgehead atoms. The van der Waals surface area contributed by atoms with Gasteiger partial charge in [-0.2, -0.15) is 0 Å². The SMILES string of the molecule is O=Cc1ccc(N(CC2CC2)CC2CC2)c(Br)c1. The molecule has 3 rings (SSSR count). The zero-order valence-corrected chi connectivity index (χ0v) is 12.0. The highest BCUT2D eigenvalue weighted by Gasteiger charge is 2.29. The van der Waals surface area contributed by atoms with Crippen LogP contribution in [0.5, 0.6) is 0 Å². The lowest BCUT2D eigenvalue weighted by molar-refractivity contribution is 0.112. The van der Waals surface area contributed by atoms with Crippen molar-refractivity contribution in [3.05, 3.63) is 28.2 Å². The van der Waals surface area contributed by atoms with Gasteiger partial charge in [-0.05, 0) is 71.6 Å².